The molecule has 0 saturated heterocycles. The Labute approximate surface area is 139 Å². The van der Waals surface area contributed by atoms with Crippen molar-refractivity contribution in [3.63, 3.8) is 0 Å². The van der Waals surface area contributed by atoms with Crippen molar-refractivity contribution in [2.75, 3.05) is 5.32 Å². The monoisotopic (exact) mass is 322 g/mol. The number of aromatic carboxylic acids is 1. The number of fused-ring (bicyclic) bond motifs is 1. The molecule has 122 valence electrons. The Morgan fingerprint density at radius 2 is 1.83 bits per heavy atom. The number of rotatable bonds is 4. The van der Waals surface area contributed by atoms with E-state index in [1.165, 1.54) is 6.07 Å². The van der Waals surface area contributed by atoms with Crippen molar-refractivity contribution in [2.45, 2.75) is 20.4 Å². The van der Waals surface area contributed by atoms with E-state index in [9.17, 15) is 14.7 Å². The van der Waals surface area contributed by atoms with Gasteiger partial charge in [0.15, 0.2) is 0 Å². The summed E-state index contributed by atoms with van der Waals surface area (Å²) in [6, 6.07) is 13.1. The van der Waals surface area contributed by atoms with Crippen molar-refractivity contribution in [1.29, 1.82) is 0 Å². The maximum Gasteiger partial charge on any atom is 0.336 e. The number of para-hydroxylation sites is 1. The highest BCUT2D eigenvalue weighted by atomic mass is 16.4. The number of carboxylic acid groups (broad SMARTS) is 1. The van der Waals surface area contributed by atoms with Crippen LogP contribution in [0, 0.1) is 13.8 Å². The number of amides is 1. The summed E-state index contributed by atoms with van der Waals surface area (Å²) in [7, 11) is 0. The molecule has 0 unspecified atom stereocenters. The van der Waals surface area contributed by atoms with Gasteiger partial charge in [-0.1, -0.05) is 24.3 Å². The molecule has 0 aliphatic carbocycles. The molecule has 0 fully saturated rings. The summed E-state index contributed by atoms with van der Waals surface area (Å²) in [4.78, 5) is 23.6. The number of carboxylic acids is 1. The van der Waals surface area contributed by atoms with Crippen LogP contribution in [0.15, 0.2) is 48.7 Å². The Bertz CT molecular complexity index is 941. The molecule has 3 rings (SSSR count). The molecule has 0 radical (unpaired) electrons. The molecule has 0 spiro atoms. The van der Waals surface area contributed by atoms with Crippen molar-refractivity contribution in [2.24, 2.45) is 0 Å². The predicted molar refractivity (Wildman–Crippen MR) is 93.4 cm³/mol. The average Bonchev–Trinajstić information content (AvgIpc) is 2.93. The average molecular weight is 322 g/mol. The molecule has 5 heteroatoms. The van der Waals surface area contributed by atoms with Crippen molar-refractivity contribution in [1.82, 2.24) is 4.57 Å². The number of nitrogens with zero attached hydrogens (tertiary/aromatic N) is 1. The fourth-order valence-electron chi connectivity index (χ4n) is 2.84. The molecular weight excluding hydrogens is 304 g/mol. The van der Waals surface area contributed by atoms with Crippen molar-refractivity contribution in [3.05, 3.63) is 65.4 Å². The molecule has 1 amide bonds. The first kappa shape index (κ1) is 15.8. The SMILES string of the molecule is Cc1cc(C)c(C(=O)O)cc1NC(=O)Cn1ccc2ccccc21. The number of aromatic nitrogens is 1. The minimum atomic E-state index is -1.00. The van der Waals surface area contributed by atoms with Gasteiger partial charge < -0.3 is 15.0 Å². The molecule has 2 N–H and O–H groups in total. The molecule has 0 saturated carbocycles. The summed E-state index contributed by atoms with van der Waals surface area (Å²) in [5.41, 5.74) is 3.22. The van der Waals surface area contributed by atoms with Gasteiger partial charge in [-0.25, -0.2) is 4.79 Å². The fourth-order valence-corrected chi connectivity index (χ4v) is 2.84. The first-order valence-electron chi connectivity index (χ1n) is 7.64. The summed E-state index contributed by atoms with van der Waals surface area (Å²) in [6.45, 7) is 3.76. The highest BCUT2D eigenvalue weighted by molar-refractivity contribution is 5.96. The van der Waals surface area contributed by atoms with Crippen LogP contribution in [-0.2, 0) is 11.3 Å². The zero-order valence-electron chi connectivity index (χ0n) is 13.5. The first-order chi connectivity index (χ1) is 11.5. The van der Waals surface area contributed by atoms with E-state index in [-0.39, 0.29) is 18.0 Å². The topological polar surface area (TPSA) is 71.3 Å². The first-order valence-corrected chi connectivity index (χ1v) is 7.64. The van der Waals surface area contributed by atoms with E-state index in [1.54, 1.807) is 13.0 Å². The Morgan fingerprint density at radius 3 is 2.58 bits per heavy atom. The summed E-state index contributed by atoms with van der Waals surface area (Å²) in [5, 5.41) is 13.1. The van der Waals surface area contributed by atoms with Crippen LogP contribution in [0.5, 0.6) is 0 Å². The van der Waals surface area contributed by atoms with E-state index in [4.69, 9.17) is 0 Å². The van der Waals surface area contributed by atoms with Crippen molar-refractivity contribution >= 4 is 28.5 Å². The van der Waals surface area contributed by atoms with Crippen LogP contribution in [0.2, 0.25) is 0 Å². The molecule has 0 bridgehead atoms. The van der Waals surface area contributed by atoms with Gasteiger partial charge in [-0.2, -0.15) is 0 Å². The fraction of sp³-hybridized carbons (Fsp3) is 0.158. The Hall–Kier alpha value is -3.08. The number of nitrogens with one attached hydrogen (secondary N) is 1. The van der Waals surface area contributed by atoms with Gasteiger partial charge in [0.2, 0.25) is 5.91 Å². The smallest absolute Gasteiger partial charge is 0.336 e. The highest BCUT2D eigenvalue weighted by Gasteiger charge is 2.13. The number of hydrogen-bond donors (Lipinski definition) is 2. The van der Waals surface area contributed by atoms with E-state index in [1.807, 2.05) is 48.0 Å². The lowest BCUT2D eigenvalue weighted by molar-refractivity contribution is -0.116. The van der Waals surface area contributed by atoms with Crippen molar-refractivity contribution in [3.8, 4) is 0 Å². The van der Waals surface area contributed by atoms with E-state index >= 15 is 0 Å². The quantitative estimate of drug-likeness (QED) is 0.771. The van der Waals surface area contributed by atoms with Crippen LogP contribution in [0.3, 0.4) is 0 Å². The second kappa shape index (κ2) is 6.20. The van der Waals surface area contributed by atoms with Crippen LogP contribution < -0.4 is 5.32 Å². The van der Waals surface area contributed by atoms with Crippen molar-refractivity contribution < 1.29 is 14.7 Å². The van der Waals surface area contributed by atoms with Gasteiger partial charge in [-0.3, -0.25) is 4.79 Å². The number of benzene rings is 2. The van der Waals surface area contributed by atoms with Crippen LogP contribution >= 0.6 is 0 Å². The number of carbonyl (C=O) groups excluding carboxylic acids is 1. The van der Waals surface area contributed by atoms with E-state index in [0.717, 1.165) is 16.5 Å². The summed E-state index contributed by atoms with van der Waals surface area (Å²) in [5.74, 6) is -1.20. The van der Waals surface area contributed by atoms with E-state index in [2.05, 4.69) is 5.32 Å². The Kier molecular flexibility index (Phi) is 4.08. The van der Waals surface area contributed by atoms with Crippen LogP contribution in [0.4, 0.5) is 5.69 Å². The molecule has 0 aliphatic heterocycles. The van der Waals surface area contributed by atoms with Crippen LogP contribution in [0.25, 0.3) is 10.9 Å². The molecule has 1 heterocycles. The highest BCUT2D eigenvalue weighted by Crippen LogP contribution is 2.21. The van der Waals surface area contributed by atoms with Crippen LogP contribution in [-0.4, -0.2) is 21.6 Å². The maximum atomic E-state index is 12.4. The number of hydrogen-bond acceptors (Lipinski definition) is 2. The molecule has 24 heavy (non-hydrogen) atoms. The largest absolute Gasteiger partial charge is 0.478 e. The lowest BCUT2D eigenvalue weighted by atomic mass is 10.0. The molecule has 5 nitrogen and oxygen atoms in total. The van der Waals surface area contributed by atoms with Gasteiger partial charge in [-0.15, -0.1) is 0 Å². The third kappa shape index (κ3) is 3.01. The Balaban J connectivity index is 1.82. The van der Waals surface area contributed by atoms with E-state index < -0.39 is 5.97 Å². The molecule has 2 aromatic carbocycles. The standard InChI is InChI=1S/C19H18N2O3/c1-12-9-13(2)16(10-15(12)19(23)24)20-18(22)11-21-8-7-14-5-3-4-6-17(14)21/h3-10H,11H2,1-2H3,(H,20,22)(H,23,24). The van der Waals surface area contributed by atoms with E-state index in [0.29, 0.717) is 11.3 Å². The lowest BCUT2D eigenvalue weighted by Crippen LogP contribution is -2.19. The third-order valence-electron chi connectivity index (χ3n) is 4.07. The number of aryl methyl sites for hydroxylation is 2. The minimum absolute atomic E-state index is 0.170. The van der Waals surface area contributed by atoms with Gasteiger partial charge in [0, 0.05) is 17.4 Å². The second-order valence-electron chi connectivity index (χ2n) is 5.84. The zero-order valence-corrected chi connectivity index (χ0v) is 13.5. The summed E-state index contributed by atoms with van der Waals surface area (Å²) < 4.78 is 1.87. The van der Waals surface area contributed by atoms with Gasteiger partial charge in [0.1, 0.15) is 6.54 Å². The third-order valence-corrected chi connectivity index (χ3v) is 4.07. The molecular formula is C19H18N2O3. The summed E-state index contributed by atoms with van der Waals surface area (Å²) in [6.07, 6.45) is 1.87. The molecule has 0 aliphatic rings. The predicted octanol–water partition coefficient (Wildman–Crippen LogP) is 3.60. The molecule has 0 atom stereocenters. The van der Waals surface area contributed by atoms with Crippen LogP contribution in [0.1, 0.15) is 21.5 Å². The summed E-state index contributed by atoms with van der Waals surface area (Å²) >= 11 is 0. The number of carbonyl (C=O) groups is 2. The van der Waals surface area contributed by atoms with Gasteiger partial charge >= 0.3 is 5.97 Å². The normalized spacial score (nSPS) is 10.8. The maximum absolute atomic E-state index is 12.4. The van der Waals surface area contributed by atoms with Gasteiger partial charge in [-0.05, 0) is 48.6 Å². The minimum Gasteiger partial charge on any atom is -0.478 e. The zero-order chi connectivity index (χ0) is 17.3. The number of anilines is 1. The molecule has 3 aromatic rings. The second-order valence-corrected chi connectivity index (χ2v) is 5.84. The lowest BCUT2D eigenvalue weighted by Gasteiger charge is -2.12. The molecule has 1 aromatic heterocycles. The van der Waals surface area contributed by atoms with Gasteiger partial charge in [0.25, 0.3) is 0 Å². The Morgan fingerprint density at radius 1 is 1.08 bits per heavy atom. The van der Waals surface area contributed by atoms with Gasteiger partial charge in [0.05, 0.1) is 5.56 Å².